The number of rotatable bonds is 3. The van der Waals surface area contributed by atoms with Gasteiger partial charge < -0.3 is 4.57 Å². The van der Waals surface area contributed by atoms with Gasteiger partial charge in [0.05, 0.1) is 0 Å². The smallest absolute Gasteiger partial charge is 0.171 e. The third-order valence-corrected chi connectivity index (χ3v) is 11.9. The lowest BCUT2D eigenvalue weighted by molar-refractivity contribution is 0.592. The highest BCUT2D eigenvalue weighted by atomic mass is 32.1. The number of fused-ring (bicyclic) bond motifs is 6. The summed E-state index contributed by atoms with van der Waals surface area (Å²) in [6, 6.07) is 39.8. The minimum atomic E-state index is -3.02. The monoisotopic (exact) mass is 500 g/mol. The predicted octanol–water partition coefficient (Wildman–Crippen LogP) is 8.00. The van der Waals surface area contributed by atoms with E-state index in [4.69, 9.17) is 0 Å². The molecule has 0 N–H and O–H groups in total. The lowest BCUT2D eigenvalue weighted by Crippen LogP contribution is -2.24. The molecular weight excluding hydrogens is 475 g/mol. The maximum atomic E-state index is 15.0. The first-order valence-corrected chi connectivity index (χ1v) is 14.8. The Morgan fingerprint density at radius 3 is 1.86 bits per heavy atom. The van der Waals surface area contributed by atoms with E-state index in [1.807, 2.05) is 72.0 Å². The molecule has 1 nitrogen and oxygen atoms in total. The van der Waals surface area contributed by atoms with Crippen molar-refractivity contribution in [3.8, 4) is 11.1 Å². The van der Waals surface area contributed by atoms with Crippen LogP contribution in [-0.4, -0.2) is 0 Å². The highest BCUT2D eigenvalue weighted by Crippen LogP contribution is 2.51. The molecule has 7 rings (SSSR count). The molecule has 174 valence electrons. The van der Waals surface area contributed by atoms with Crippen molar-refractivity contribution in [2.75, 3.05) is 0 Å². The van der Waals surface area contributed by atoms with Crippen LogP contribution in [0.2, 0.25) is 0 Å². The molecule has 5 aromatic carbocycles. The van der Waals surface area contributed by atoms with Gasteiger partial charge in [-0.15, -0.1) is 11.3 Å². The standard InChI is InChI=1S/C33H25OPS/c1-33(2)29-16-10-9-15-25(29)26-21-32-28(20-30(26)33)27-19-24(17-18-31(27)36-32)35(34,22-11-5-3-6-12-22)23-13-7-4-8-14-23/h3-21H,1-2H3. The van der Waals surface area contributed by atoms with E-state index in [-0.39, 0.29) is 5.41 Å². The van der Waals surface area contributed by atoms with E-state index in [0.717, 1.165) is 15.9 Å². The zero-order valence-electron chi connectivity index (χ0n) is 20.2. The molecule has 6 aromatic rings. The normalized spacial score (nSPS) is 14.2. The summed E-state index contributed by atoms with van der Waals surface area (Å²) in [5, 5.41) is 5.06. The summed E-state index contributed by atoms with van der Waals surface area (Å²) in [4.78, 5) is 0. The van der Waals surface area contributed by atoms with Crippen molar-refractivity contribution in [2.24, 2.45) is 0 Å². The van der Waals surface area contributed by atoms with E-state index < -0.39 is 7.14 Å². The van der Waals surface area contributed by atoms with E-state index >= 15 is 0 Å². The van der Waals surface area contributed by atoms with Crippen molar-refractivity contribution < 1.29 is 4.57 Å². The van der Waals surface area contributed by atoms with Gasteiger partial charge >= 0.3 is 0 Å². The largest absolute Gasteiger partial charge is 0.309 e. The third-order valence-electron chi connectivity index (χ3n) is 7.76. The Bertz CT molecular complexity index is 1790. The molecule has 3 heteroatoms. The van der Waals surface area contributed by atoms with Gasteiger partial charge in [0.1, 0.15) is 0 Å². The molecule has 1 heterocycles. The number of hydrogen-bond donors (Lipinski definition) is 0. The maximum Gasteiger partial charge on any atom is 0.171 e. The highest BCUT2D eigenvalue weighted by Gasteiger charge is 2.36. The molecule has 1 aliphatic carbocycles. The molecule has 0 unspecified atom stereocenters. The van der Waals surface area contributed by atoms with Gasteiger partial charge in [-0.25, -0.2) is 0 Å². The minimum Gasteiger partial charge on any atom is -0.309 e. The Morgan fingerprint density at radius 1 is 0.556 bits per heavy atom. The second-order valence-electron chi connectivity index (χ2n) is 10.1. The van der Waals surface area contributed by atoms with Gasteiger partial charge in [-0.2, -0.15) is 0 Å². The second-order valence-corrected chi connectivity index (χ2v) is 14.0. The Kier molecular flexibility index (Phi) is 4.71. The Hall–Kier alpha value is -3.45. The SMILES string of the molecule is CC1(C)c2ccccc2-c2cc3sc4ccc(P(=O)(c5ccccc5)c5ccccc5)cc4c3cc21. The van der Waals surface area contributed by atoms with Crippen molar-refractivity contribution >= 4 is 54.6 Å². The van der Waals surface area contributed by atoms with E-state index in [1.165, 1.54) is 42.4 Å². The summed E-state index contributed by atoms with van der Waals surface area (Å²) in [6.07, 6.45) is 0. The number of thiophene rings is 1. The molecule has 0 saturated heterocycles. The lowest BCUT2D eigenvalue weighted by Gasteiger charge is -2.21. The van der Waals surface area contributed by atoms with Crippen LogP contribution in [-0.2, 0) is 9.98 Å². The molecule has 0 radical (unpaired) electrons. The van der Waals surface area contributed by atoms with Crippen LogP contribution in [0.4, 0.5) is 0 Å². The Balaban J connectivity index is 1.49. The lowest BCUT2D eigenvalue weighted by atomic mass is 9.82. The van der Waals surface area contributed by atoms with Crippen molar-refractivity contribution in [2.45, 2.75) is 19.3 Å². The maximum absolute atomic E-state index is 15.0. The van der Waals surface area contributed by atoms with Crippen LogP contribution in [0.3, 0.4) is 0 Å². The van der Waals surface area contributed by atoms with Gasteiger partial charge in [0, 0.05) is 41.5 Å². The topological polar surface area (TPSA) is 17.1 Å². The first-order chi connectivity index (χ1) is 17.5. The summed E-state index contributed by atoms with van der Waals surface area (Å²) in [7, 11) is -3.02. The number of benzene rings is 5. The van der Waals surface area contributed by atoms with Gasteiger partial charge in [-0.05, 0) is 52.6 Å². The van der Waals surface area contributed by atoms with Gasteiger partial charge in [0.15, 0.2) is 7.14 Å². The minimum absolute atomic E-state index is 0.0463. The van der Waals surface area contributed by atoms with E-state index in [2.05, 4.69) is 68.4 Å². The summed E-state index contributed by atoms with van der Waals surface area (Å²) in [6.45, 7) is 4.64. The third kappa shape index (κ3) is 2.98. The summed E-state index contributed by atoms with van der Waals surface area (Å²) in [5.74, 6) is 0. The van der Waals surface area contributed by atoms with Crippen molar-refractivity contribution in [3.05, 3.63) is 126 Å². The molecule has 0 amide bonds. The first-order valence-electron chi connectivity index (χ1n) is 12.3. The van der Waals surface area contributed by atoms with E-state index in [1.54, 1.807) is 0 Å². The number of hydrogen-bond acceptors (Lipinski definition) is 2. The van der Waals surface area contributed by atoms with Crippen LogP contribution in [0.15, 0.2) is 115 Å². The fourth-order valence-electron chi connectivity index (χ4n) is 5.88. The van der Waals surface area contributed by atoms with Crippen molar-refractivity contribution in [1.82, 2.24) is 0 Å². The molecule has 0 aliphatic heterocycles. The van der Waals surface area contributed by atoms with Gasteiger partial charge in [0.2, 0.25) is 0 Å². The summed E-state index contributed by atoms with van der Waals surface area (Å²) < 4.78 is 17.5. The fourth-order valence-corrected chi connectivity index (χ4v) is 9.66. The van der Waals surface area contributed by atoms with Crippen LogP contribution in [0, 0.1) is 0 Å². The predicted molar refractivity (Wildman–Crippen MR) is 156 cm³/mol. The second kappa shape index (κ2) is 7.77. The molecule has 1 aromatic heterocycles. The molecule has 36 heavy (non-hydrogen) atoms. The fraction of sp³-hybridized carbons (Fsp3) is 0.0909. The molecule has 0 spiro atoms. The quantitative estimate of drug-likeness (QED) is 0.225. The van der Waals surface area contributed by atoms with E-state index in [9.17, 15) is 4.57 Å². The molecule has 0 bridgehead atoms. The summed E-state index contributed by atoms with van der Waals surface area (Å²) >= 11 is 1.82. The van der Waals surface area contributed by atoms with E-state index in [0.29, 0.717) is 0 Å². The Morgan fingerprint density at radius 2 is 1.17 bits per heavy atom. The van der Waals surface area contributed by atoms with Gasteiger partial charge in [-0.3, -0.25) is 0 Å². The van der Waals surface area contributed by atoms with Crippen molar-refractivity contribution in [3.63, 3.8) is 0 Å². The van der Waals surface area contributed by atoms with Crippen LogP contribution in [0.25, 0.3) is 31.3 Å². The van der Waals surface area contributed by atoms with Gasteiger partial charge in [0.25, 0.3) is 0 Å². The first kappa shape index (κ1) is 21.8. The van der Waals surface area contributed by atoms with Crippen molar-refractivity contribution in [1.29, 1.82) is 0 Å². The summed E-state index contributed by atoms with van der Waals surface area (Å²) in [5.41, 5.74) is 5.40. The molecule has 1 aliphatic rings. The van der Waals surface area contributed by atoms with Crippen LogP contribution >= 0.6 is 18.5 Å². The highest BCUT2D eigenvalue weighted by molar-refractivity contribution is 7.85. The zero-order chi connectivity index (χ0) is 24.5. The average molecular weight is 501 g/mol. The van der Waals surface area contributed by atoms with Gasteiger partial charge in [-0.1, -0.05) is 98.8 Å². The molecular formula is C33H25OPS. The zero-order valence-corrected chi connectivity index (χ0v) is 21.9. The van der Waals surface area contributed by atoms with Crippen LogP contribution in [0.1, 0.15) is 25.0 Å². The molecule has 0 saturated carbocycles. The molecule has 0 fully saturated rings. The van der Waals surface area contributed by atoms with Crippen LogP contribution in [0.5, 0.6) is 0 Å². The van der Waals surface area contributed by atoms with Crippen LogP contribution < -0.4 is 15.9 Å². The average Bonchev–Trinajstić information content (AvgIpc) is 3.39. The Labute approximate surface area is 215 Å². The molecule has 0 atom stereocenters.